The molecule has 3 rings (SSSR count). The number of rotatable bonds is 2. The third-order valence-electron chi connectivity index (χ3n) is 4.27. The zero-order valence-corrected chi connectivity index (χ0v) is 11.4. The smallest absolute Gasteiger partial charge is 0.339 e. The third-order valence-corrected chi connectivity index (χ3v) is 4.27. The van der Waals surface area contributed by atoms with Crippen molar-refractivity contribution in [2.45, 2.75) is 31.8 Å². The van der Waals surface area contributed by atoms with Gasteiger partial charge in [0.05, 0.1) is 6.20 Å². The normalized spacial score (nSPS) is 26.6. The molecule has 2 aliphatic heterocycles. The van der Waals surface area contributed by atoms with Crippen LogP contribution in [-0.2, 0) is 0 Å². The molecule has 0 aliphatic carbocycles. The second kappa shape index (κ2) is 5.01. The van der Waals surface area contributed by atoms with Crippen molar-refractivity contribution < 1.29 is 14.3 Å². The van der Waals surface area contributed by atoms with E-state index < -0.39 is 11.8 Å². The van der Waals surface area contributed by atoms with Crippen LogP contribution in [0.25, 0.3) is 0 Å². The second-order valence-electron chi connectivity index (χ2n) is 5.62. The zero-order chi connectivity index (χ0) is 14.3. The van der Waals surface area contributed by atoms with E-state index in [4.69, 9.17) is 0 Å². The van der Waals surface area contributed by atoms with E-state index in [2.05, 4.69) is 16.8 Å². The molecule has 0 amide bonds. The number of aromatic nitrogens is 1. The molecule has 0 bridgehead atoms. The summed E-state index contributed by atoms with van der Waals surface area (Å²) in [5.41, 5.74) is -0.0525. The lowest BCUT2D eigenvalue weighted by Crippen LogP contribution is -2.55. The lowest BCUT2D eigenvalue weighted by molar-refractivity contribution is 0.0696. The number of piperazine rings is 1. The van der Waals surface area contributed by atoms with Crippen LogP contribution in [0.3, 0.4) is 0 Å². The molecule has 6 heteroatoms. The van der Waals surface area contributed by atoms with Crippen LogP contribution < -0.4 is 4.90 Å². The van der Waals surface area contributed by atoms with E-state index in [1.54, 1.807) is 0 Å². The molecule has 2 unspecified atom stereocenters. The lowest BCUT2D eigenvalue weighted by Gasteiger charge is -2.43. The molecule has 1 aromatic rings. The molecular weight excluding hydrogens is 261 g/mol. The van der Waals surface area contributed by atoms with Crippen LogP contribution in [0.2, 0.25) is 0 Å². The van der Waals surface area contributed by atoms with Gasteiger partial charge >= 0.3 is 5.97 Å². The first-order valence-electron chi connectivity index (χ1n) is 6.96. The van der Waals surface area contributed by atoms with Crippen molar-refractivity contribution in [1.29, 1.82) is 0 Å². The number of carboxylic acid groups (broad SMARTS) is 1. The number of pyridine rings is 1. The number of nitrogens with zero attached hydrogens (tertiary/aromatic N) is 3. The molecule has 1 N–H and O–H groups in total. The van der Waals surface area contributed by atoms with Crippen LogP contribution in [0.5, 0.6) is 0 Å². The minimum atomic E-state index is -1.13. The van der Waals surface area contributed by atoms with Crippen molar-refractivity contribution in [3.63, 3.8) is 0 Å². The van der Waals surface area contributed by atoms with Crippen LogP contribution in [0.15, 0.2) is 12.3 Å². The summed E-state index contributed by atoms with van der Waals surface area (Å²) in [5.74, 6) is -1.36. The molecule has 0 spiro atoms. The summed E-state index contributed by atoms with van der Waals surface area (Å²) in [6.07, 6.45) is 3.41. The van der Waals surface area contributed by atoms with E-state index in [1.807, 2.05) is 4.90 Å². The Kier molecular flexibility index (Phi) is 3.33. The summed E-state index contributed by atoms with van der Waals surface area (Å²) in [5, 5.41) is 9.25. The Labute approximate surface area is 117 Å². The van der Waals surface area contributed by atoms with Gasteiger partial charge in [-0.25, -0.2) is 14.2 Å². The van der Waals surface area contributed by atoms with Crippen LogP contribution in [0.4, 0.5) is 10.2 Å². The number of carboxylic acids is 1. The molecular formula is C14H18FN3O2. The van der Waals surface area contributed by atoms with Crippen molar-refractivity contribution in [3.8, 4) is 0 Å². The van der Waals surface area contributed by atoms with Crippen LogP contribution in [0, 0.1) is 5.82 Å². The average molecular weight is 279 g/mol. The molecule has 3 heterocycles. The molecule has 2 aliphatic rings. The molecule has 2 fully saturated rings. The maximum Gasteiger partial charge on any atom is 0.339 e. The van der Waals surface area contributed by atoms with Crippen LogP contribution in [-0.4, -0.2) is 52.7 Å². The van der Waals surface area contributed by atoms with E-state index in [9.17, 15) is 14.3 Å². The molecule has 2 atom stereocenters. The Morgan fingerprint density at radius 1 is 1.50 bits per heavy atom. The number of hydrogen-bond donors (Lipinski definition) is 1. The van der Waals surface area contributed by atoms with Crippen molar-refractivity contribution in [1.82, 2.24) is 9.88 Å². The number of halogens is 1. The SMILES string of the molecule is CC1CN2CCCC2CN1c1ncc(F)cc1C(=O)O. The third kappa shape index (κ3) is 2.24. The fraction of sp³-hybridized carbons (Fsp3) is 0.571. The van der Waals surface area contributed by atoms with Gasteiger partial charge in [0.25, 0.3) is 0 Å². The molecule has 1 aromatic heterocycles. The fourth-order valence-corrected chi connectivity index (χ4v) is 3.30. The van der Waals surface area contributed by atoms with E-state index in [0.29, 0.717) is 11.9 Å². The van der Waals surface area contributed by atoms with Gasteiger partial charge in [-0.3, -0.25) is 4.90 Å². The summed E-state index contributed by atoms with van der Waals surface area (Å²) >= 11 is 0. The second-order valence-corrected chi connectivity index (χ2v) is 5.62. The van der Waals surface area contributed by atoms with E-state index in [1.165, 1.54) is 6.42 Å². The van der Waals surface area contributed by atoms with Crippen molar-refractivity contribution in [2.24, 2.45) is 0 Å². The standard InChI is InChI=1S/C14H18FN3O2/c1-9-7-17-4-2-3-11(17)8-18(9)13-12(14(19)20)5-10(15)6-16-13/h5-6,9,11H,2-4,7-8H2,1H3,(H,19,20). The minimum absolute atomic E-state index is 0.0525. The first kappa shape index (κ1) is 13.3. The van der Waals surface area contributed by atoms with Gasteiger partial charge in [0.1, 0.15) is 17.2 Å². The number of anilines is 1. The van der Waals surface area contributed by atoms with Gasteiger partial charge in [-0.1, -0.05) is 0 Å². The van der Waals surface area contributed by atoms with Gasteiger partial charge in [-0.2, -0.15) is 0 Å². The lowest BCUT2D eigenvalue weighted by atomic mass is 10.1. The molecule has 2 saturated heterocycles. The van der Waals surface area contributed by atoms with Crippen LogP contribution in [0.1, 0.15) is 30.1 Å². The summed E-state index contributed by atoms with van der Waals surface area (Å²) in [6.45, 7) is 4.85. The predicted molar refractivity (Wildman–Crippen MR) is 72.6 cm³/mol. The highest BCUT2D eigenvalue weighted by atomic mass is 19.1. The molecule has 108 valence electrons. The van der Waals surface area contributed by atoms with Crippen molar-refractivity contribution in [2.75, 3.05) is 24.5 Å². The highest BCUT2D eigenvalue weighted by molar-refractivity contribution is 5.93. The largest absolute Gasteiger partial charge is 0.478 e. The highest BCUT2D eigenvalue weighted by Gasteiger charge is 2.36. The zero-order valence-electron chi connectivity index (χ0n) is 11.4. The number of fused-ring (bicyclic) bond motifs is 1. The Morgan fingerprint density at radius 3 is 3.05 bits per heavy atom. The van der Waals surface area contributed by atoms with Gasteiger partial charge in [0, 0.05) is 25.2 Å². The predicted octanol–water partition coefficient (Wildman–Crippen LogP) is 1.59. The summed E-state index contributed by atoms with van der Waals surface area (Å²) in [7, 11) is 0. The Balaban J connectivity index is 1.93. The maximum atomic E-state index is 13.2. The average Bonchev–Trinajstić information content (AvgIpc) is 2.85. The number of hydrogen-bond acceptors (Lipinski definition) is 4. The van der Waals surface area contributed by atoms with Gasteiger partial charge in [-0.15, -0.1) is 0 Å². The van der Waals surface area contributed by atoms with E-state index in [-0.39, 0.29) is 11.6 Å². The minimum Gasteiger partial charge on any atom is -0.478 e. The molecule has 0 radical (unpaired) electrons. The van der Waals surface area contributed by atoms with Gasteiger partial charge in [-0.05, 0) is 32.4 Å². The topological polar surface area (TPSA) is 56.7 Å². The monoisotopic (exact) mass is 279 g/mol. The molecule has 0 saturated carbocycles. The van der Waals surface area contributed by atoms with E-state index in [0.717, 1.165) is 38.3 Å². The van der Waals surface area contributed by atoms with Gasteiger partial charge in [0.2, 0.25) is 0 Å². The molecule has 20 heavy (non-hydrogen) atoms. The van der Waals surface area contributed by atoms with E-state index >= 15 is 0 Å². The summed E-state index contributed by atoms with van der Waals surface area (Å²) in [4.78, 5) is 19.8. The van der Waals surface area contributed by atoms with Crippen molar-refractivity contribution in [3.05, 3.63) is 23.6 Å². The van der Waals surface area contributed by atoms with Crippen LogP contribution >= 0.6 is 0 Å². The molecule has 5 nitrogen and oxygen atoms in total. The Hall–Kier alpha value is -1.69. The maximum absolute atomic E-state index is 13.2. The first-order chi connectivity index (χ1) is 9.56. The molecule has 0 aromatic carbocycles. The Bertz CT molecular complexity index is 537. The number of carbonyl (C=O) groups is 1. The quantitative estimate of drug-likeness (QED) is 0.891. The van der Waals surface area contributed by atoms with Crippen molar-refractivity contribution >= 4 is 11.8 Å². The Morgan fingerprint density at radius 2 is 2.30 bits per heavy atom. The fourth-order valence-electron chi connectivity index (χ4n) is 3.30. The number of aromatic carboxylic acids is 1. The summed E-state index contributed by atoms with van der Waals surface area (Å²) in [6, 6.07) is 1.69. The van der Waals surface area contributed by atoms with Gasteiger partial charge < -0.3 is 10.0 Å². The highest BCUT2D eigenvalue weighted by Crippen LogP contribution is 2.29. The first-order valence-corrected chi connectivity index (χ1v) is 6.96. The summed E-state index contributed by atoms with van der Waals surface area (Å²) < 4.78 is 13.2. The van der Waals surface area contributed by atoms with Gasteiger partial charge in [0.15, 0.2) is 0 Å².